The molecule has 1 N–H and O–H groups in total. The molecule has 1 saturated heterocycles. The van der Waals surface area contributed by atoms with Crippen LogP contribution in [0, 0.1) is 11.3 Å². The summed E-state index contributed by atoms with van der Waals surface area (Å²) in [5, 5.41) is 10.6. The van der Waals surface area contributed by atoms with E-state index in [-0.39, 0.29) is 11.5 Å². The Bertz CT molecular complexity index is 264. The summed E-state index contributed by atoms with van der Waals surface area (Å²) >= 11 is 0. The molecular formula is C15H29NO. The minimum atomic E-state index is -0.149. The van der Waals surface area contributed by atoms with Crippen LogP contribution in [-0.2, 0) is 0 Å². The Morgan fingerprint density at radius 2 is 1.82 bits per heavy atom. The lowest BCUT2D eigenvalue weighted by molar-refractivity contribution is -0.0794. The standard InChI is InChI=1S/C15H29NO/c1-11-7-8-12(2)16(10-11)13-6-5-9-15(3,4)14(13)17/h11-14,17H,5-10H2,1-4H3. The average molecular weight is 239 g/mol. The molecule has 2 aliphatic rings. The maximum atomic E-state index is 10.6. The summed E-state index contributed by atoms with van der Waals surface area (Å²) in [6, 6.07) is 1.05. The molecular weight excluding hydrogens is 210 g/mol. The molecule has 100 valence electrons. The van der Waals surface area contributed by atoms with Crippen LogP contribution in [0.15, 0.2) is 0 Å². The van der Waals surface area contributed by atoms with Crippen LogP contribution >= 0.6 is 0 Å². The van der Waals surface area contributed by atoms with Gasteiger partial charge in [-0.15, -0.1) is 0 Å². The largest absolute Gasteiger partial charge is 0.391 e. The minimum absolute atomic E-state index is 0.101. The van der Waals surface area contributed by atoms with E-state index in [2.05, 4.69) is 32.6 Å². The third kappa shape index (κ3) is 2.68. The van der Waals surface area contributed by atoms with Gasteiger partial charge in [0.25, 0.3) is 0 Å². The zero-order valence-corrected chi connectivity index (χ0v) is 11.9. The van der Waals surface area contributed by atoms with Gasteiger partial charge in [0.1, 0.15) is 0 Å². The predicted molar refractivity (Wildman–Crippen MR) is 72.0 cm³/mol. The van der Waals surface area contributed by atoms with Crippen LogP contribution < -0.4 is 0 Å². The number of rotatable bonds is 1. The van der Waals surface area contributed by atoms with Gasteiger partial charge in [0, 0.05) is 18.6 Å². The fourth-order valence-electron chi connectivity index (χ4n) is 3.73. The maximum absolute atomic E-state index is 10.6. The van der Waals surface area contributed by atoms with Crippen LogP contribution in [0.2, 0.25) is 0 Å². The summed E-state index contributed by atoms with van der Waals surface area (Å²) in [7, 11) is 0. The summed E-state index contributed by atoms with van der Waals surface area (Å²) in [5.74, 6) is 0.795. The Labute approximate surface area is 106 Å². The third-order valence-corrected chi connectivity index (χ3v) is 5.08. The molecule has 4 atom stereocenters. The number of hydrogen-bond acceptors (Lipinski definition) is 2. The van der Waals surface area contributed by atoms with E-state index in [0.29, 0.717) is 12.1 Å². The second-order valence-corrected chi connectivity index (χ2v) is 7.12. The first-order valence-electron chi connectivity index (χ1n) is 7.35. The van der Waals surface area contributed by atoms with Gasteiger partial charge in [0.05, 0.1) is 6.10 Å². The molecule has 0 radical (unpaired) electrons. The summed E-state index contributed by atoms with van der Waals surface area (Å²) in [6.07, 6.45) is 6.12. The van der Waals surface area contributed by atoms with Gasteiger partial charge in [-0.25, -0.2) is 0 Å². The van der Waals surface area contributed by atoms with Crippen molar-refractivity contribution in [2.45, 2.75) is 78.0 Å². The van der Waals surface area contributed by atoms with Crippen LogP contribution in [0.1, 0.15) is 59.8 Å². The molecule has 2 nitrogen and oxygen atoms in total. The Hall–Kier alpha value is -0.0800. The van der Waals surface area contributed by atoms with Crippen molar-refractivity contribution in [1.82, 2.24) is 4.90 Å². The van der Waals surface area contributed by atoms with Crippen molar-refractivity contribution < 1.29 is 5.11 Å². The van der Waals surface area contributed by atoms with E-state index in [0.717, 1.165) is 5.92 Å². The van der Waals surface area contributed by atoms with Gasteiger partial charge in [-0.2, -0.15) is 0 Å². The van der Waals surface area contributed by atoms with Gasteiger partial charge in [-0.3, -0.25) is 4.90 Å². The van der Waals surface area contributed by atoms with Gasteiger partial charge in [0.2, 0.25) is 0 Å². The normalized spacial score (nSPS) is 43.6. The highest BCUT2D eigenvalue weighted by Crippen LogP contribution is 2.39. The van der Waals surface area contributed by atoms with Gasteiger partial charge < -0.3 is 5.11 Å². The average Bonchev–Trinajstić information content (AvgIpc) is 2.26. The summed E-state index contributed by atoms with van der Waals surface area (Å²) in [4.78, 5) is 2.60. The smallest absolute Gasteiger partial charge is 0.0746 e. The highest BCUT2D eigenvalue weighted by molar-refractivity contribution is 4.96. The Balaban J connectivity index is 2.09. The predicted octanol–water partition coefficient (Wildman–Crippen LogP) is 3.05. The molecule has 0 aromatic carbocycles. The zero-order chi connectivity index (χ0) is 12.6. The highest BCUT2D eigenvalue weighted by atomic mass is 16.3. The van der Waals surface area contributed by atoms with Crippen molar-refractivity contribution in [3.8, 4) is 0 Å². The van der Waals surface area contributed by atoms with Crippen LogP contribution in [0.3, 0.4) is 0 Å². The SMILES string of the molecule is CC1CCC(C)N(C2CCCC(C)(C)C2O)C1. The molecule has 0 spiro atoms. The van der Waals surface area contributed by atoms with Crippen molar-refractivity contribution >= 4 is 0 Å². The fraction of sp³-hybridized carbons (Fsp3) is 1.00. The van der Waals surface area contributed by atoms with Crippen LogP contribution in [-0.4, -0.2) is 34.7 Å². The molecule has 2 heteroatoms. The van der Waals surface area contributed by atoms with E-state index < -0.39 is 0 Å². The van der Waals surface area contributed by atoms with Gasteiger partial charge in [0.15, 0.2) is 0 Å². The van der Waals surface area contributed by atoms with E-state index in [4.69, 9.17) is 0 Å². The Morgan fingerprint density at radius 3 is 2.53 bits per heavy atom. The molecule has 0 aromatic rings. The minimum Gasteiger partial charge on any atom is -0.391 e. The Morgan fingerprint density at radius 1 is 1.12 bits per heavy atom. The monoisotopic (exact) mass is 239 g/mol. The molecule has 0 aromatic heterocycles. The maximum Gasteiger partial charge on any atom is 0.0746 e. The number of likely N-dealkylation sites (tertiary alicyclic amines) is 1. The van der Waals surface area contributed by atoms with Crippen molar-refractivity contribution in [2.75, 3.05) is 6.54 Å². The number of hydrogen-bond donors (Lipinski definition) is 1. The molecule has 1 aliphatic heterocycles. The van der Waals surface area contributed by atoms with Crippen LogP contribution in [0.25, 0.3) is 0 Å². The zero-order valence-electron chi connectivity index (χ0n) is 11.9. The van der Waals surface area contributed by atoms with E-state index in [1.165, 1.54) is 38.6 Å². The first kappa shape index (κ1) is 13.4. The molecule has 1 saturated carbocycles. The van der Waals surface area contributed by atoms with Crippen LogP contribution in [0.5, 0.6) is 0 Å². The fourth-order valence-corrected chi connectivity index (χ4v) is 3.73. The number of aliphatic hydroxyl groups excluding tert-OH is 1. The molecule has 2 rings (SSSR count). The summed E-state index contributed by atoms with van der Waals surface area (Å²) < 4.78 is 0. The van der Waals surface area contributed by atoms with Gasteiger partial charge >= 0.3 is 0 Å². The molecule has 1 aliphatic carbocycles. The topological polar surface area (TPSA) is 23.5 Å². The van der Waals surface area contributed by atoms with E-state index in [1.807, 2.05) is 0 Å². The van der Waals surface area contributed by atoms with Gasteiger partial charge in [-0.05, 0) is 43.9 Å². The van der Waals surface area contributed by atoms with Gasteiger partial charge in [-0.1, -0.05) is 27.2 Å². The van der Waals surface area contributed by atoms with E-state index in [1.54, 1.807) is 0 Å². The van der Waals surface area contributed by atoms with Crippen molar-refractivity contribution in [3.05, 3.63) is 0 Å². The number of nitrogens with zero attached hydrogens (tertiary/aromatic N) is 1. The molecule has 4 unspecified atom stereocenters. The van der Waals surface area contributed by atoms with Crippen molar-refractivity contribution in [2.24, 2.45) is 11.3 Å². The first-order chi connectivity index (χ1) is 7.92. The van der Waals surface area contributed by atoms with Crippen molar-refractivity contribution in [3.63, 3.8) is 0 Å². The third-order valence-electron chi connectivity index (χ3n) is 5.08. The molecule has 0 amide bonds. The lowest BCUT2D eigenvalue weighted by Crippen LogP contribution is -2.57. The molecule has 0 bridgehead atoms. The van der Waals surface area contributed by atoms with Crippen molar-refractivity contribution in [1.29, 1.82) is 0 Å². The van der Waals surface area contributed by atoms with E-state index >= 15 is 0 Å². The molecule has 17 heavy (non-hydrogen) atoms. The second kappa shape index (κ2) is 4.89. The molecule has 1 heterocycles. The summed E-state index contributed by atoms with van der Waals surface area (Å²) in [5.41, 5.74) is 0.101. The number of piperidine rings is 1. The first-order valence-corrected chi connectivity index (χ1v) is 7.35. The van der Waals surface area contributed by atoms with E-state index in [9.17, 15) is 5.11 Å². The highest BCUT2D eigenvalue weighted by Gasteiger charge is 2.42. The molecule has 2 fully saturated rings. The Kier molecular flexibility index (Phi) is 3.84. The summed E-state index contributed by atoms with van der Waals surface area (Å²) in [6.45, 7) is 10.3. The van der Waals surface area contributed by atoms with Crippen LogP contribution in [0.4, 0.5) is 0 Å². The lowest BCUT2D eigenvalue weighted by atomic mass is 9.71. The quantitative estimate of drug-likeness (QED) is 0.760. The lowest BCUT2D eigenvalue weighted by Gasteiger charge is -2.50. The second-order valence-electron chi connectivity index (χ2n) is 7.12. The number of aliphatic hydroxyl groups is 1.